The molecule has 1 aliphatic carbocycles. The van der Waals surface area contributed by atoms with Crippen LogP contribution in [0.2, 0.25) is 0 Å². The summed E-state index contributed by atoms with van der Waals surface area (Å²) in [5, 5.41) is 12.9. The van der Waals surface area contributed by atoms with Crippen molar-refractivity contribution in [1.82, 2.24) is 10.2 Å². The van der Waals surface area contributed by atoms with E-state index in [4.69, 9.17) is 4.74 Å². The number of carbonyl (C=O) groups is 1. The lowest BCUT2D eigenvalue weighted by Crippen LogP contribution is -2.54. The van der Waals surface area contributed by atoms with E-state index in [0.717, 1.165) is 58.4 Å². The van der Waals surface area contributed by atoms with Gasteiger partial charge in [-0.15, -0.1) is 0 Å². The lowest BCUT2D eigenvalue weighted by Gasteiger charge is -2.40. The first kappa shape index (κ1) is 15.7. The van der Waals surface area contributed by atoms with Gasteiger partial charge in [0.05, 0.1) is 13.2 Å². The van der Waals surface area contributed by atoms with Crippen LogP contribution in [-0.2, 0) is 9.53 Å². The van der Waals surface area contributed by atoms with Crippen molar-refractivity contribution in [3.8, 4) is 0 Å². The maximum absolute atomic E-state index is 11.7. The largest absolute Gasteiger partial charge is 0.480 e. The first-order chi connectivity index (χ1) is 9.63. The van der Waals surface area contributed by atoms with E-state index < -0.39 is 11.5 Å². The van der Waals surface area contributed by atoms with Crippen LogP contribution in [0.5, 0.6) is 0 Å². The maximum atomic E-state index is 11.7. The van der Waals surface area contributed by atoms with Crippen LogP contribution in [-0.4, -0.2) is 59.9 Å². The summed E-state index contributed by atoms with van der Waals surface area (Å²) in [7, 11) is 0. The van der Waals surface area contributed by atoms with Crippen LogP contribution in [0.4, 0.5) is 0 Å². The molecule has 0 spiro atoms. The maximum Gasteiger partial charge on any atom is 0.323 e. The topological polar surface area (TPSA) is 61.8 Å². The average Bonchev–Trinajstić information content (AvgIpc) is 2.90. The van der Waals surface area contributed by atoms with Gasteiger partial charge in [-0.05, 0) is 38.6 Å². The lowest BCUT2D eigenvalue weighted by atomic mass is 9.96. The minimum atomic E-state index is -0.711. The Labute approximate surface area is 121 Å². The third kappa shape index (κ3) is 3.15. The van der Waals surface area contributed by atoms with Crippen LogP contribution >= 0.6 is 0 Å². The average molecular weight is 284 g/mol. The minimum Gasteiger partial charge on any atom is -0.480 e. The molecule has 20 heavy (non-hydrogen) atoms. The molecule has 2 N–H and O–H groups in total. The predicted molar refractivity (Wildman–Crippen MR) is 77.9 cm³/mol. The number of ether oxygens (including phenoxy) is 1. The predicted octanol–water partition coefficient (Wildman–Crippen LogP) is 1.47. The van der Waals surface area contributed by atoms with E-state index in [1.807, 2.05) is 0 Å². The van der Waals surface area contributed by atoms with Gasteiger partial charge in [0.1, 0.15) is 5.54 Å². The van der Waals surface area contributed by atoms with Crippen molar-refractivity contribution in [3.05, 3.63) is 0 Å². The normalized spacial score (nSPS) is 35.3. The molecule has 0 amide bonds. The third-order valence-corrected chi connectivity index (χ3v) is 4.82. The van der Waals surface area contributed by atoms with Crippen molar-refractivity contribution in [2.24, 2.45) is 0 Å². The lowest BCUT2D eigenvalue weighted by molar-refractivity contribution is -0.145. The molecule has 5 nitrogen and oxygen atoms in total. The van der Waals surface area contributed by atoms with Crippen LogP contribution < -0.4 is 5.32 Å². The Balaban J connectivity index is 2.03. The molecular weight excluding hydrogens is 256 g/mol. The SMILES string of the molecule is CCCNC1(C(=O)O)CCC(N2CCOCC2CC)C1. The Morgan fingerprint density at radius 3 is 2.95 bits per heavy atom. The zero-order valence-electron chi connectivity index (χ0n) is 12.7. The van der Waals surface area contributed by atoms with Crippen LogP contribution in [0.25, 0.3) is 0 Å². The quantitative estimate of drug-likeness (QED) is 0.773. The number of hydrogen-bond donors (Lipinski definition) is 2. The summed E-state index contributed by atoms with van der Waals surface area (Å²) < 4.78 is 5.55. The molecule has 1 saturated carbocycles. The Bertz CT molecular complexity index is 337. The molecule has 3 atom stereocenters. The van der Waals surface area contributed by atoms with E-state index in [2.05, 4.69) is 24.1 Å². The number of carboxylic acid groups (broad SMARTS) is 1. The number of nitrogens with one attached hydrogen (secondary N) is 1. The van der Waals surface area contributed by atoms with Gasteiger partial charge < -0.3 is 15.2 Å². The van der Waals surface area contributed by atoms with E-state index in [1.165, 1.54) is 0 Å². The van der Waals surface area contributed by atoms with E-state index in [-0.39, 0.29) is 0 Å². The standard InChI is InChI=1S/C15H28N2O3/c1-3-7-16-15(14(18)19)6-5-13(10-15)17-8-9-20-11-12(17)4-2/h12-13,16H,3-11H2,1-2H3,(H,18,19). The number of carboxylic acids is 1. The highest BCUT2D eigenvalue weighted by atomic mass is 16.5. The molecule has 2 rings (SSSR count). The molecular formula is C15H28N2O3. The molecule has 1 aliphatic heterocycles. The summed E-state index contributed by atoms with van der Waals surface area (Å²) in [5.41, 5.74) is -0.711. The van der Waals surface area contributed by atoms with E-state index in [1.54, 1.807) is 0 Å². The number of aliphatic carboxylic acids is 1. The zero-order valence-corrected chi connectivity index (χ0v) is 12.7. The highest BCUT2D eigenvalue weighted by molar-refractivity contribution is 5.79. The van der Waals surface area contributed by atoms with Crippen molar-refractivity contribution in [3.63, 3.8) is 0 Å². The highest BCUT2D eigenvalue weighted by Crippen LogP contribution is 2.35. The van der Waals surface area contributed by atoms with Gasteiger partial charge in [-0.1, -0.05) is 13.8 Å². The molecule has 1 saturated heterocycles. The second kappa shape index (κ2) is 6.87. The van der Waals surface area contributed by atoms with Crippen molar-refractivity contribution in [2.45, 2.75) is 63.6 Å². The van der Waals surface area contributed by atoms with E-state index in [0.29, 0.717) is 12.1 Å². The number of hydrogen-bond acceptors (Lipinski definition) is 4. The second-order valence-electron chi connectivity index (χ2n) is 6.09. The number of morpholine rings is 1. The van der Waals surface area contributed by atoms with E-state index >= 15 is 0 Å². The molecule has 116 valence electrons. The molecule has 0 bridgehead atoms. The van der Waals surface area contributed by atoms with Crippen molar-refractivity contribution in [2.75, 3.05) is 26.3 Å². The first-order valence-corrected chi connectivity index (χ1v) is 7.95. The van der Waals surface area contributed by atoms with Gasteiger partial charge in [0.2, 0.25) is 0 Å². The summed E-state index contributed by atoms with van der Waals surface area (Å²) >= 11 is 0. The minimum absolute atomic E-state index is 0.379. The Hall–Kier alpha value is -0.650. The molecule has 2 aliphatic rings. The number of rotatable bonds is 6. The van der Waals surface area contributed by atoms with Gasteiger partial charge in [-0.25, -0.2) is 0 Å². The summed E-state index contributed by atoms with van der Waals surface area (Å²) in [6.07, 6.45) is 4.47. The highest BCUT2D eigenvalue weighted by Gasteiger charge is 2.47. The zero-order chi connectivity index (χ0) is 14.6. The van der Waals surface area contributed by atoms with Gasteiger partial charge in [0, 0.05) is 18.6 Å². The van der Waals surface area contributed by atoms with Gasteiger partial charge >= 0.3 is 5.97 Å². The fourth-order valence-electron chi connectivity index (χ4n) is 3.60. The van der Waals surface area contributed by atoms with E-state index in [9.17, 15) is 9.90 Å². The van der Waals surface area contributed by atoms with Crippen molar-refractivity contribution < 1.29 is 14.6 Å². The molecule has 0 radical (unpaired) electrons. The van der Waals surface area contributed by atoms with Crippen LogP contribution in [0.3, 0.4) is 0 Å². The fourth-order valence-corrected chi connectivity index (χ4v) is 3.60. The molecule has 0 aromatic heterocycles. The van der Waals surface area contributed by atoms with Gasteiger partial charge in [-0.3, -0.25) is 9.69 Å². The third-order valence-electron chi connectivity index (χ3n) is 4.82. The molecule has 0 aromatic rings. The Morgan fingerprint density at radius 1 is 1.50 bits per heavy atom. The van der Waals surface area contributed by atoms with Crippen LogP contribution in [0.1, 0.15) is 46.0 Å². The summed E-state index contributed by atoms with van der Waals surface area (Å²) in [5.74, 6) is -0.685. The molecule has 5 heteroatoms. The van der Waals surface area contributed by atoms with Gasteiger partial charge in [-0.2, -0.15) is 0 Å². The van der Waals surface area contributed by atoms with Crippen molar-refractivity contribution in [1.29, 1.82) is 0 Å². The smallest absolute Gasteiger partial charge is 0.323 e. The van der Waals surface area contributed by atoms with Crippen LogP contribution in [0.15, 0.2) is 0 Å². The Kier molecular flexibility index (Phi) is 5.41. The molecule has 0 aromatic carbocycles. The fraction of sp³-hybridized carbons (Fsp3) is 0.933. The number of nitrogens with zero attached hydrogens (tertiary/aromatic N) is 1. The summed E-state index contributed by atoms with van der Waals surface area (Å²) in [4.78, 5) is 14.2. The summed E-state index contributed by atoms with van der Waals surface area (Å²) in [6, 6.07) is 0.828. The second-order valence-corrected chi connectivity index (χ2v) is 6.09. The summed E-state index contributed by atoms with van der Waals surface area (Å²) in [6.45, 7) is 7.53. The van der Waals surface area contributed by atoms with Crippen molar-refractivity contribution >= 4 is 5.97 Å². The monoisotopic (exact) mass is 284 g/mol. The van der Waals surface area contributed by atoms with Gasteiger partial charge in [0.15, 0.2) is 0 Å². The Morgan fingerprint density at radius 2 is 2.30 bits per heavy atom. The first-order valence-electron chi connectivity index (χ1n) is 7.95. The van der Waals surface area contributed by atoms with Gasteiger partial charge in [0.25, 0.3) is 0 Å². The molecule has 2 fully saturated rings. The molecule has 1 heterocycles. The van der Waals surface area contributed by atoms with Crippen LogP contribution in [0, 0.1) is 0 Å². The molecule has 3 unspecified atom stereocenters.